The zero-order chi connectivity index (χ0) is 15.0. The number of hydrogen-bond acceptors (Lipinski definition) is 0. The Labute approximate surface area is 134 Å². The molecule has 0 atom stereocenters. The molecule has 0 spiro atoms. The molecule has 0 saturated heterocycles. The Morgan fingerprint density at radius 3 is 2.19 bits per heavy atom. The monoisotopic (exact) mass is 344 g/mol. The average Bonchev–Trinajstić information content (AvgIpc) is 2.52. The van der Waals surface area contributed by atoms with Gasteiger partial charge in [-0.15, -0.1) is 0 Å². The van der Waals surface area contributed by atoms with Crippen molar-refractivity contribution in [1.29, 1.82) is 0 Å². The summed E-state index contributed by atoms with van der Waals surface area (Å²) in [5.74, 6) is 6.53. The van der Waals surface area contributed by atoms with Crippen molar-refractivity contribution in [2.24, 2.45) is 0 Å². The van der Waals surface area contributed by atoms with Gasteiger partial charge in [0, 0.05) is 0 Å². The molecule has 0 amide bonds. The summed E-state index contributed by atoms with van der Waals surface area (Å²) in [5.41, 5.74) is 2.32. The van der Waals surface area contributed by atoms with Crippen LogP contribution in [0.3, 0.4) is 0 Å². The first-order valence-corrected chi connectivity index (χ1v) is 9.26. The predicted molar refractivity (Wildman–Crippen MR) is 91.6 cm³/mol. The van der Waals surface area contributed by atoms with Crippen LogP contribution in [-0.2, 0) is 0 Å². The van der Waals surface area contributed by atoms with Crippen molar-refractivity contribution in [3.05, 3.63) is 66.2 Å². The van der Waals surface area contributed by atoms with Gasteiger partial charge in [-0.3, -0.25) is 0 Å². The number of nitrogens with zero attached hydrogens (tertiary/aromatic N) is 1. The van der Waals surface area contributed by atoms with Gasteiger partial charge >= 0.3 is 134 Å². The number of quaternary nitrogens is 1. The molecule has 0 N–H and O–H groups in total. The molecule has 0 bridgehead atoms. The second-order valence-corrected chi connectivity index (χ2v) is 7.80. The molecule has 0 heterocycles. The Bertz CT molecular complexity index is 594. The van der Waals surface area contributed by atoms with Crippen molar-refractivity contribution in [2.45, 2.75) is 6.42 Å². The molecular weight excluding hydrogens is 321 g/mol. The third-order valence-electron chi connectivity index (χ3n) is 3.17. The van der Waals surface area contributed by atoms with Crippen LogP contribution in [0.2, 0.25) is 0 Å². The minimum atomic E-state index is 0.539. The Kier molecular flexibility index (Phi) is 6.08. The van der Waals surface area contributed by atoms with Gasteiger partial charge in [0.2, 0.25) is 0 Å². The zero-order valence-corrected chi connectivity index (χ0v) is 14.5. The molecule has 0 unspecified atom stereocenters. The van der Waals surface area contributed by atoms with Gasteiger partial charge in [-0.05, 0) is 0 Å². The molecule has 2 aromatic carbocycles. The standard InChI is InChI=1S/C19H22NSe/c1-20(2,17-21-19-14-7-4-8-15-19)16-10-9-13-18-11-5-3-6-12-18/h3-8,11-12,14-15H,10,16-17H2,1-2H3/q+1. The average molecular weight is 343 g/mol. The predicted octanol–water partition coefficient (Wildman–Crippen LogP) is 2.49. The first-order chi connectivity index (χ1) is 10.2. The van der Waals surface area contributed by atoms with Gasteiger partial charge in [0.25, 0.3) is 0 Å². The van der Waals surface area contributed by atoms with Gasteiger partial charge in [-0.1, -0.05) is 0 Å². The molecule has 0 saturated carbocycles. The number of rotatable bonds is 5. The molecule has 2 aromatic rings. The fourth-order valence-corrected chi connectivity index (χ4v) is 3.93. The molecule has 2 rings (SSSR count). The van der Waals surface area contributed by atoms with Crippen molar-refractivity contribution in [1.82, 2.24) is 0 Å². The van der Waals surface area contributed by atoms with E-state index in [2.05, 4.69) is 68.4 Å². The number of hydrogen-bond donors (Lipinski definition) is 0. The Morgan fingerprint density at radius 2 is 1.52 bits per heavy atom. The van der Waals surface area contributed by atoms with E-state index in [1.807, 2.05) is 18.2 Å². The SMILES string of the molecule is C[N+](C)(CCC#Cc1ccccc1)C[Se]c1ccccc1. The summed E-state index contributed by atoms with van der Waals surface area (Å²) in [5, 5.41) is 0. The van der Waals surface area contributed by atoms with Gasteiger partial charge in [0.1, 0.15) is 0 Å². The third-order valence-corrected chi connectivity index (χ3v) is 6.18. The summed E-state index contributed by atoms with van der Waals surface area (Å²) in [6, 6.07) is 21.0. The summed E-state index contributed by atoms with van der Waals surface area (Å²) in [6.45, 7) is 1.11. The summed E-state index contributed by atoms with van der Waals surface area (Å²) >= 11 is 0.539. The Hall–Kier alpha value is -1.52. The van der Waals surface area contributed by atoms with E-state index in [0.29, 0.717) is 15.0 Å². The van der Waals surface area contributed by atoms with Gasteiger partial charge < -0.3 is 0 Å². The van der Waals surface area contributed by atoms with Crippen molar-refractivity contribution in [3.8, 4) is 11.8 Å². The Balaban J connectivity index is 1.78. The van der Waals surface area contributed by atoms with Gasteiger partial charge in [-0.25, -0.2) is 0 Å². The van der Waals surface area contributed by atoms with Gasteiger partial charge in [0.15, 0.2) is 0 Å². The quantitative estimate of drug-likeness (QED) is 0.445. The maximum atomic E-state index is 3.30. The molecule has 1 nitrogen and oxygen atoms in total. The van der Waals surface area contributed by atoms with Crippen LogP contribution < -0.4 is 4.46 Å². The molecular formula is C19H22NSe+. The summed E-state index contributed by atoms with van der Waals surface area (Å²) in [4.78, 5) is 0. The zero-order valence-electron chi connectivity index (χ0n) is 12.8. The molecule has 0 aliphatic rings. The third kappa shape index (κ3) is 6.19. The summed E-state index contributed by atoms with van der Waals surface area (Å²) in [6.07, 6.45) is 0.951. The minimum absolute atomic E-state index is 0.539. The van der Waals surface area contributed by atoms with E-state index in [1.165, 1.54) is 9.91 Å². The van der Waals surface area contributed by atoms with Crippen LogP contribution in [0.1, 0.15) is 12.0 Å². The normalized spacial score (nSPS) is 10.8. The molecule has 0 aromatic heterocycles. The van der Waals surface area contributed by atoms with E-state index in [1.54, 1.807) is 0 Å². The van der Waals surface area contributed by atoms with Crippen molar-refractivity contribution >= 4 is 19.4 Å². The van der Waals surface area contributed by atoms with Crippen LogP contribution in [0.25, 0.3) is 0 Å². The fraction of sp³-hybridized carbons (Fsp3) is 0.263. The van der Waals surface area contributed by atoms with E-state index >= 15 is 0 Å². The molecule has 0 aliphatic heterocycles. The first-order valence-electron chi connectivity index (χ1n) is 7.19. The van der Waals surface area contributed by atoms with Gasteiger partial charge in [0.05, 0.1) is 0 Å². The topological polar surface area (TPSA) is 0 Å². The molecule has 2 heteroatoms. The summed E-state index contributed by atoms with van der Waals surface area (Å²) in [7, 11) is 4.60. The molecule has 0 aliphatic carbocycles. The van der Waals surface area contributed by atoms with Crippen molar-refractivity contribution in [3.63, 3.8) is 0 Å². The first kappa shape index (κ1) is 15.9. The van der Waals surface area contributed by atoms with Crippen LogP contribution in [0, 0.1) is 11.8 Å². The molecule has 108 valence electrons. The van der Waals surface area contributed by atoms with E-state index < -0.39 is 0 Å². The van der Waals surface area contributed by atoms with Crippen LogP contribution in [-0.4, -0.2) is 45.5 Å². The maximum absolute atomic E-state index is 3.30. The van der Waals surface area contributed by atoms with Crippen molar-refractivity contribution < 1.29 is 4.48 Å². The molecule has 21 heavy (non-hydrogen) atoms. The van der Waals surface area contributed by atoms with Crippen LogP contribution >= 0.6 is 0 Å². The van der Waals surface area contributed by atoms with E-state index in [0.717, 1.165) is 23.0 Å². The Morgan fingerprint density at radius 1 is 0.905 bits per heavy atom. The van der Waals surface area contributed by atoms with Crippen molar-refractivity contribution in [2.75, 3.05) is 26.1 Å². The molecule has 0 fully saturated rings. The van der Waals surface area contributed by atoms with Crippen LogP contribution in [0.15, 0.2) is 60.7 Å². The molecule has 0 radical (unpaired) electrons. The number of benzene rings is 2. The van der Waals surface area contributed by atoms with Crippen LogP contribution in [0.4, 0.5) is 0 Å². The summed E-state index contributed by atoms with van der Waals surface area (Å²) < 4.78 is 2.52. The van der Waals surface area contributed by atoms with E-state index in [9.17, 15) is 0 Å². The van der Waals surface area contributed by atoms with Crippen LogP contribution in [0.5, 0.6) is 0 Å². The van der Waals surface area contributed by atoms with E-state index in [-0.39, 0.29) is 0 Å². The second kappa shape index (κ2) is 8.05. The second-order valence-electron chi connectivity index (χ2n) is 5.66. The fourth-order valence-electron chi connectivity index (χ4n) is 1.88. The van der Waals surface area contributed by atoms with E-state index in [4.69, 9.17) is 0 Å². The van der Waals surface area contributed by atoms with Gasteiger partial charge in [-0.2, -0.15) is 0 Å².